The van der Waals surface area contributed by atoms with Crippen LogP contribution in [0.1, 0.15) is 42.9 Å². The van der Waals surface area contributed by atoms with Crippen molar-refractivity contribution in [3.63, 3.8) is 0 Å². The quantitative estimate of drug-likeness (QED) is 0.252. The molecule has 168 valence electrons. The topological polar surface area (TPSA) is 0 Å². The molecule has 0 heterocycles. The van der Waals surface area contributed by atoms with Crippen molar-refractivity contribution in [1.82, 2.24) is 0 Å². The molecule has 0 bridgehead atoms. The van der Waals surface area contributed by atoms with Crippen LogP contribution in [0.2, 0.25) is 0 Å². The third kappa shape index (κ3) is 3.21. The van der Waals surface area contributed by atoms with Crippen LogP contribution >= 0.6 is 0 Å². The zero-order valence-electron chi connectivity index (χ0n) is 20.3. The second-order valence-electron chi connectivity index (χ2n) is 10.6. The molecule has 0 fully saturated rings. The normalized spacial score (nSPS) is 18.2. The van der Waals surface area contributed by atoms with Gasteiger partial charge in [-0.3, -0.25) is 0 Å². The summed E-state index contributed by atoms with van der Waals surface area (Å²) >= 11 is 0. The van der Waals surface area contributed by atoms with Gasteiger partial charge in [-0.2, -0.15) is 0 Å². The maximum atomic E-state index is 2.44. The fourth-order valence-electron chi connectivity index (χ4n) is 6.23. The average molecular weight is 449 g/mol. The van der Waals surface area contributed by atoms with E-state index in [9.17, 15) is 0 Å². The van der Waals surface area contributed by atoms with Crippen molar-refractivity contribution in [2.75, 3.05) is 0 Å². The Morgan fingerprint density at radius 1 is 0.629 bits per heavy atom. The Balaban J connectivity index is 1.25. The van der Waals surface area contributed by atoms with E-state index < -0.39 is 0 Å². The highest BCUT2D eigenvalue weighted by molar-refractivity contribution is 5.91. The second kappa shape index (κ2) is 7.55. The van der Waals surface area contributed by atoms with Crippen LogP contribution in [0.15, 0.2) is 121 Å². The van der Waals surface area contributed by atoms with E-state index in [2.05, 4.69) is 129 Å². The van der Waals surface area contributed by atoms with Crippen molar-refractivity contribution in [2.24, 2.45) is 0 Å². The monoisotopic (exact) mass is 448 g/mol. The van der Waals surface area contributed by atoms with Gasteiger partial charge in [-0.15, -0.1) is 0 Å². The zero-order valence-corrected chi connectivity index (χ0v) is 20.3. The molecule has 0 nitrogen and oxygen atoms in total. The molecule has 0 saturated heterocycles. The van der Waals surface area contributed by atoms with E-state index in [0.29, 0.717) is 5.92 Å². The van der Waals surface area contributed by atoms with Crippen LogP contribution < -0.4 is 0 Å². The summed E-state index contributed by atoms with van der Waals surface area (Å²) in [4.78, 5) is 0. The first-order valence-corrected chi connectivity index (χ1v) is 12.6. The third-order valence-electron chi connectivity index (χ3n) is 8.27. The zero-order chi connectivity index (χ0) is 23.6. The molecule has 0 N–H and O–H groups in total. The number of hydrogen-bond donors (Lipinski definition) is 0. The van der Waals surface area contributed by atoms with E-state index in [1.54, 1.807) is 5.57 Å². The van der Waals surface area contributed by atoms with Crippen molar-refractivity contribution in [3.8, 4) is 11.1 Å². The van der Waals surface area contributed by atoms with E-state index in [1.807, 2.05) is 0 Å². The lowest BCUT2D eigenvalue weighted by Crippen LogP contribution is -2.19. The molecular weight excluding hydrogens is 420 g/mol. The first kappa shape index (κ1) is 20.5. The molecule has 5 aromatic rings. The van der Waals surface area contributed by atoms with Crippen LogP contribution in [-0.4, -0.2) is 0 Å². The van der Waals surface area contributed by atoms with Gasteiger partial charge in [-0.25, -0.2) is 0 Å². The van der Waals surface area contributed by atoms with Crippen LogP contribution in [0.3, 0.4) is 0 Å². The van der Waals surface area contributed by atoms with Gasteiger partial charge in [-0.1, -0.05) is 123 Å². The molecule has 0 saturated carbocycles. The molecule has 0 amide bonds. The van der Waals surface area contributed by atoms with E-state index in [0.717, 1.165) is 6.42 Å². The Bertz CT molecular complexity index is 1690. The van der Waals surface area contributed by atoms with E-state index in [4.69, 9.17) is 0 Å². The minimum absolute atomic E-state index is 0.0252. The Labute approximate surface area is 207 Å². The predicted octanol–water partition coefficient (Wildman–Crippen LogP) is 9.45. The van der Waals surface area contributed by atoms with Gasteiger partial charge < -0.3 is 0 Å². The third-order valence-corrected chi connectivity index (χ3v) is 8.27. The van der Waals surface area contributed by atoms with Gasteiger partial charge in [-0.05, 0) is 73.5 Å². The Morgan fingerprint density at radius 3 is 2.03 bits per heavy atom. The number of hydrogen-bond acceptors (Lipinski definition) is 0. The number of rotatable bonds is 2. The van der Waals surface area contributed by atoms with Crippen molar-refractivity contribution >= 4 is 27.1 Å². The minimum Gasteiger partial charge on any atom is -0.0761 e. The van der Waals surface area contributed by atoms with Gasteiger partial charge in [0.15, 0.2) is 0 Å². The molecule has 2 aliphatic rings. The van der Waals surface area contributed by atoms with Crippen molar-refractivity contribution in [3.05, 3.63) is 138 Å². The highest BCUT2D eigenvalue weighted by atomic mass is 14.4. The summed E-state index contributed by atoms with van der Waals surface area (Å²) in [5.41, 5.74) is 9.90. The molecule has 0 heteroatoms. The molecule has 7 rings (SSSR count). The van der Waals surface area contributed by atoms with Gasteiger partial charge in [0.1, 0.15) is 0 Å². The van der Waals surface area contributed by atoms with Gasteiger partial charge >= 0.3 is 0 Å². The van der Waals surface area contributed by atoms with E-state index in [1.165, 1.54) is 54.9 Å². The summed E-state index contributed by atoms with van der Waals surface area (Å²) in [6.07, 6.45) is 5.89. The number of fused-ring (bicyclic) bond motifs is 4. The molecule has 1 unspecified atom stereocenters. The lowest BCUT2D eigenvalue weighted by Gasteiger charge is -2.29. The van der Waals surface area contributed by atoms with E-state index >= 15 is 0 Å². The predicted molar refractivity (Wildman–Crippen MR) is 150 cm³/mol. The summed E-state index contributed by atoms with van der Waals surface area (Å²) in [6.45, 7) is 4.82. The van der Waals surface area contributed by atoms with Gasteiger partial charge in [0.25, 0.3) is 0 Å². The summed E-state index contributed by atoms with van der Waals surface area (Å²) < 4.78 is 0. The van der Waals surface area contributed by atoms with Gasteiger partial charge in [0.2, 0.25) is 0 Å². The lowest BCUT2D eigenvalue weighted by molar-refractivity contribution is 0.591. The van der Waals surface area contributed by atoms with Crippen LogP contribution in [0.4, 0.5) is 0 Å². The fourth-order valence-corrected chi connectivity index (χ4v) is 6.23. The fraction of sp³-hybridized carbons (Fsp3) is 0.143. The summed E-state index contributed by atoms with van der Waals surface area (Å²) in [5, 5.41) is 5.22. The van der Waals surface area contributed by atoms with Crippen LogP contribution in [0.25, 0.3) is 38.2 Å². The highest BCUT2D eigenvalue weighted by Gasteiger charge is 2.39. The SMILES string of the molecule is CC1(C)C2=C(C=CC(c3ccc4ccccc4c3)C2)c2ccc(-c3ccc4ccccc4c3)cc21. The maximum Gasteiger partial charge on any atom is 0.0121 e. The smallest absolute Gasteiger partial charge is 0.0121 e. The highest BCUT2D eigenvalue weighted by Crippen LogP contribution is 2.53. The number of allylic oxidation sites excluding steroid dienone is 4. The number of benzene rings is 5. The molecular formula is C35H28. The largest absolute Gasteiger partial charge is 0.0761 e. The van der Waals surface area contributed by atoms with Crippen molar-refractivity contribution < 1.29 is 0 Å². The molecule has 0 aromatic heterocycles. The summed E-state index contributed by atoms with van der Waals surface area (Å²) in [5.74, 6) is 0.423. The Morgan fingerprint density at radius 2 is 1.26 bits per heavy atom. The molecule has 35 heavy (non-hydrogen) atoms. The van der Waals surface area contributed by atoms with E-state index in [-0.39, 0.29) is 5.41 Å². The molecule has 2 aliphatic carbocycles. The van der Waals surface area contributed by atoms with Gasteiger partial charge in [0.05, 0.1) is 0 Å². The Hall–Kier alpha value is -3.90. The first-order valence-electron chi connectivity index (χ1n) is 12.6. The molecule has 0 radical (unpaired) electrons. The molecule has 0 spiro atoms. The molecule has 1 atom stereocenters. The van der Waals surface area contributed by atoms with Crippen molar-refractivity contribution in [1.29, 1.82) is 0 Å². The Kier molecular flexibility index (Phi) is 4.42. The lowest BCUT2D eigenvalue weighted by atomic mass is 9.74. The average Bonchev–Trinajstić information content (AvgIpc) is 3.13. The molecule has 0 aliphatic heterocycles. The van der Waals surface area contributed by atoms with Gasteiger partial charge in [0, 0.05) is 11.3 Å². The van der Waals surface area contributed by atoms with Crippen LogP contribution in [0.5, 0.6) is 0 Å². The minimum atomic E-state index is 0.0252. The second-order valence-corrected chi connectivity index (χ2v) is 10.6. The maximum absolute atomic E-state index is 2.44. The van der Waals surface area contributed by atoms with Crippen molar-refractivity contribution in [2.45, 2.75) is 31.6 Å². The summed E-state index contributed by atoms with van der Waals surface area (Å²) in [7, 11) is 0. The van der Waals surface area contributed by atoms with Crippen LogP contribution in [0, 0.1) is 0 Å². The first-order chi connectivity index (χ1) is 17.1. The molecule has 5 aromatic carbocycles. The standard InChI is InChI=1S/C35H28/c1-35(2)33-21-29(27-13-11-23-7-3-5-9-25(23)19-27)15-17-31(33)32-18-16-30(22-34(32)35)28-14-12-24-8-4-6-10-26(24)20-28/h3-21,30H,22H2,1-2H3. The summed E-state index contributed by atoms with van der Waals surface area (Å²) in [6, 6.07) is 38.2. The van der Waals surface area contributed by atoms with Crippen LogP contribution in [-0.2, 0) is 5.41 Å².